The molecule has 0 aliphatic heterocycles. The molecule has 6 N–H and O–H groups in total. The van der Waals surface area contributed by atoms with Crippen molar-refractivity contribution in [3.63, 3.8) is 0 Å². The van der Waals surface area contributed by atoms with Crippen molar-refractivity contribution in [3.8, 4) is 17.2 Å². The SMILES string of the molecule is COC(=O)[C@H](Cc1ccc(Cl)cc1)NC(=O)[C@H](NC(=O)[C@H](NC(=O)[C@@H](NC(=O)OC(C)(C)C)c1ccccc1)c1cc(O)c(OC)c(O)c1)c1ccccc1.F[P-](F)(F)(F)(F)F.[CH]1[CH][CH][CH][CH]1.[Ru+2]. The van der Waals surface area contributed by atoms with Crippen molar-refractivity contribution in [2.45, 2.75) is 57.0 Å². The maximum absolute atomic E-state index is 14.4. The zero-order valence-electron chi connectivity index (χ0n) is 36.7. The van der Waals surface area contributed by atoms with Crippen LogP contribution in [0.1, 0.15) is 61.2 Å². The number of phenolic OH excluding ortho intramolecular Hbond substituents is 2. The number of halogens is 7. The molecule has 0 heterocycles. The number of rotatable bonds is 14. The number of hydrogen-bond acceptors (Lipinski definition) is 10. The van der Waals surface area contributed by atoms with Gasteiger partial charge in [0.1, 0.15) is 29.8 Å². The van der Waals surface area contributed by atoms with Crippen LogP contribution in [0.2, 0.25) is 5.02 Å². The number of amides is 4. The Kier molecular flexibility index (Phi) is 21.1. The number of phenols is 2. The molecule has 4 aromatic carbocycles. The van der Waals surface area contributed by atoms with E-state index in [4.69, 9.17) is 25.8 Å². The van der Waals surface area contributed by atoms with Crippen LogP contribution >= 0.6 is 19.4 Å². The minimum atomic E-state index is -10.7. The maximum Gasteiger partial charge on any atom is 2.00 e. The van der Waals surface area contributed by atoms with Crippen LogP contribution < -0.4 is 26.0 Å². The summed E-state index contributed by atoms with van der Waals surface area (Å²) in [5, 5.41) is 32.3. The van der Waals surface area contributed by atoms with Crippen LogP contribution in [0.3, 0.4) is 0 Å². The molecule has 4 aromatic rings. The number of alkyl carbamates (subject to hydrolysis) is 1. The first-order valence-corrected chi connectivity index (χ1v) is 22.1. The summed E-state index contributed by atoms with van der Waals surface area (Å²) in [6.45, 7) is 4.95. The molecule has 0 saturated heterocycles. The summed E-state index contributed by atoms with van der Waals surface area (Å²) < 4.78 is 74.6. The fourth-order valence-corrected chi connectivity index (χ4v) is 5.96. The number of carbonyl (C=O) groups is 5. The van der Waals surface area contributed by atoms with Gasteiger partial charge in [-0.25, -0.2) is 9.59 Å². The Labute approximate surface area is 406 Å². The van der Waals surface area contributed by atoms with E-state index >= 15 is 0 Å². The van der Waals surface area contributed by atoms with E-state index < -0.39 is 78.9 Å². The van der Waals surface area contributed by atoms with Crippen molar-refractivity contribution in [2.75, 3.05) is 14.2 Å². The molecule has 0 unspecified atom stereocenters. The van der Waals surface area contributed by atoms with Gasteiger partial charge in [-0.2, -0.15) is 0 Å². The van der Waals surface area contributed by atoms with Gasteiger partial charge in [-0.3, -0.25) is 14.4 Å². The Hall–Kier alpha value is -5.65. The van der Waals surface area contributed by atoms with Crippen molar-refractivity contribution in [1.29, 1.82) is 0 Å². The Balaban J connectivity index is 0.00000107. The predicted molar refractivity (Wildman–Crippen MR) is 237 cm³/mol. The molecule has 5 rings (SSSR count). The summed E-state index contributed by atoms with van der Waals surface area (Å²) in [4.78, 5) is 68.3. The van der Waals surface area contributed by atoms with E-state index in [0.29, 0.717) is 21.7 Å². The van der Waals surface area contributed by atoms with Crippen LogP contribution in [-0.4, -0.2) is 65.9 Å². The molecule has 0 aromatic heterocycles. The molecule has 1 saturated carbocycles. The summed E-state index contributed by atoms with van der Waals surface area (Å²) in [6.07, 6.45) is 9.11. The Morgan fingerprint density at radius 3 is 1.38 bits per heavy atom. The van der Waals surface area contributed by atoms with Gasteiger partial charge < -0.3 is 45.7 Å². The van der Waals surface area contributed by atoms with Crippen LogP contribution in [0.15, 0.2) is 97.1 Å². The molecule has 1 aliphatic rings. The van der Waals surface area contributed by atoms with Crippen LogP contribution in [0.25, 0.3) is 0 Å². The topological polar surface area (TPSA) is 202 Å². The van der Waals surface area contributed by atoms with Gasteiger partial charge in [0, 0.05) is 11.4 Å². The molecule has 1 aliphatic carbocycles. The summed E-state index contributed by atoms with van der Waals surface area (Å²) in [5.41, 5.74) is 0.282. The van der Waals surface area contributed by atoms with Crippen LogP contribution in [0.4, 0.5) is 30.0 Å². The quantitative estimate of drug-likeness (QED) is 0.0306. The smallest absolute Gasteiger partial charge is 0.0312 e. The largest absolute Gasteiger partial charge is 2.00 e. The molecule has 14 nitrogen and oxygen atoms in total. The van der Waals surface area contributed by atoms with E-state index in [9.17, 15) is 59.4 Å². The maximum atomic E-state index is 14.4. The van der Waals surface area contributed by atoms with Crippen LogP contribution in [-0.2, 0) is 54.6 Å². The van der Waals surface area contributed by atoms with E-state index in [1.165, 1.54) is 14.2 Å². The number of esters is 1. The van der Waals surface area contributed by atoms with Crippen LogP contribution in [0, 0.1) is 32.1 Å². The fourth-order valence-electron chi connectivity index (χ4n) is 5.83. The van der Waals surface area contributed by atoms with Crippen molar-refractivity contribution in [3.05, 3.63) is 156 Å². The monoisotopic (exact) mass is 1090 g/mol. The Morgan fingerprint density at radius 1 is 0.618 bits per heavy atom. The Morgan fingerprint density at radius 2 is 1.00 bits per heavy atom. The average molecular weight is 1090 g/mol. The predicted octanol–water partition coefficient (Wildman–Crippen LogP) is 9.34. The average Bonchev–Trinajstić information content (AvgIpc) is 3.83. The molecule has 5 radical (unpaired) electrons. The fraction of sp³-hybridized carbons (Fsp3) is 0.244. The summed E-state index contributed by atoms with van der Waals surface area (Å²) in [6, 6.07) is 19.4. The van der Waals surface area contributed by atoms with Crippen molar-refractivity contribution in [1.82, 2.24) is 21.3 Å². The standard InChI is InChI=1S/C40H43ClN4O10.C5H5.F6P.Ru/c1-40(2,3)55-39(52)45-32(25-14-10-7-11-15-25)36(49)44-33(26-21-29(46)34(53-4)30(47)22-26)37(50)43-31(24-12-8-6-9-13-24)35(48)42-28(38(51)54-5)20-23-16-18-27(41)19-17-23;1-2-4-5-3-1;1-7(2,3,4,5)6;/h6-19,21-22,28,31-33,46-47H,20H2,1-5H3,(H,42,48)(H,43,50)(H,44,49)(H,45,52);1-5H;;/q;;-1;+2/t28-,31+,32-,33+;;;/m0.../s1. The molecule has 1 fully saturated rings. The molecular weight excluding hydrogens is 1040 g/mol. The third-order valence-corrected chi connectivity index (χ3v) is 8.86. The summed E-state index contributed by atoms with van der Waals surface area (Å²) in [7, 11) is -8.27. The molecule has 369 valence electrons. The number of carbonyl (C=O) groups excluding carboxylic acids is 5. The number of aromatic hydroxyl groups is 2. The minimum absolute atomic E-state index is 0. The number of hydrogen-bond donors (Lipinski definition) is 6. The van der Waals surface area contributed by atoms with E-state index in [1.807, 2.05) is 32.1 Å². The molecule has 23 heteroatoms. The summed E-state index contributed by atoms with van der Waals surface area (Å²) in [5.74, 6) is -4.82. The number of benzene rings is 4. The van der Waals surface area contributed by atoms with Crippen LogP contribution in [0.5, 0.6) is 17.2 Å². The second-order valence-corrected chi connectivity index (χ2v) is 17.6. The Bertz CT molecular complexity index is 2270. The number of nitrogens with one attached hydrogen (secondary N) is 4. The second kappa shape index (κ2) is 24.6. The van der Waals surface area contributed by atoms with Gasteiger partial charge >= 0.3 is 64.5 Å². The molecule has 0 bridgehead atoms. The van der Waals surface area contributed by atoms with Crippen molar-refractivity contribution >= 4 is 49.2 Å². The first-order valence-electron chi connectivity index (χ1n) is 19.7. The van der Waals surface area contributed by atoms with Gasteiger partial charge in [0.05, 0.1) is 14.2 Å². The third kappa shape index (κ3) is 22.0. The molecule has 68 heavy (non-hydrogen) atoms. The number of methoxy groups -OCH3 is 2. The van der Waals surface area contributed by atoms with E-state index in [1.54, 1.807) is 106 Å². The zero-order chi connectivity index (χ0) is 50.2. The van der Waals surface area contributed by atoms with Gasteiger partial charge in [0.15, 0.2) is 11.5 Å². The molecular formula is C45H48ClF6N4O10PRu+. The van der Waals surface area contributed by atoms with E-state index in [0.717, 1.165) is 12.1 Å². The van der Waals surface area contributed by atoms with Gasteiger partial charge in [0.2, 0.25) is 23.5 Å². The van der Waals surface area contributed by atoms with Gasteiger partial charge in [-0.1, -0.05) is 84.4 Å². The second-order valence-electron chi connectivity index (χ2n) is 15.2. The third-order valence-electron chi connectivity index (χ3n) is 8.61. The van der Waals surface area contributed by atoms with Gasteiger partial charge in [-0.15, -0.1) is 0 Å². The minimum Gasteiger partial charge on any atom is -0.0312 e. The van der Waals surface area contributed by atoms with E-state index in [-0.39, 0.29) is 37.2 Å². The first-order chi connectivity index (χ1) is 31.0. The molecule has 4 amide bonds. The molecule has 4 atom stereocenters. The number of ether oxygens (including phenoxy) is 3. The van der Waals surface area contributed by atoms with E-state index in [2.05, 4.69) is 21.3 Å². The molecule has 0 spiro atoms. The normalized spacial score (nSPS) is 14.8. The van der Waals surface area contributed by atoms with Crippen molar-refractivity contribution in [2.24, 2.45) is 0 Å². The summed E-state index contributed by atoms with van der Waals surface area (Å²) >= 11 is 6.02. The van der Waals surface area contributed by atoms with Crippen molar-refractivity contribution < 1.29 is 93.1 Å². The van der Waals surface area contributed by atoms with Gasteiger partial charge in [0.25, 0.3) is 0 Å². The van der Waals surface area contributed by atoms with Gasteiger partial charge in [-0.05, 0) is 99.4 Å². The zero-order valence-corrected chi connectivity index (χ0v) is 40.1. The first kappa shape index (κ1) is 58.5.